The first kappa shape index (κ1) is 20.0. The summed E-state index contributed by atoms with van der Waals surface area (Å²) in [6.07, 6.45) is 0.210. The van der Waals surface area contributed by atoms with E-state index in [0.29, 0.717) is 5.56 Å². The Kier molecular flexibility index (Phi) is 6.48. The highest BCUT2D eigenvalue weighted by atomic mass is 35.5. The predicted molar refractivity (Wildman–Crippen MR) is 101 cm³/mol. The molecule has 2 aromatic carbocycles. The Labute approximate surface area is 162 Å². The summed E-state index contributed by atoms with van der Waals surface area (Å²) in [5.41, 5.74) is 0.503. The van der Waals surface area contributed by atoms with E-state index < -0.39 is 10.0 Å². The van der Waals surface area contributed by atoms with Crippen LogP contribution < -0.4 is 4.72 Å². The summed E-state index contributed by atoms with van der Waals surface area (Å²) in [4.78, 5) is 13.6. The minimum absolute atomic E-state index is 0.0327. The maximum atomic E-state index is 12.5. The zero-order valence-electron chi connectivity index (χ0n) is 13.7. The summed E-state index contributed by atoms with van der Waals surface area (Å²) >= 11 is 11.8. The molecular formula is C17H15Cl2N3O3S. The molecule has 0 aromatic heterocycles. The van der Waals surface area contributed by atoms with E-state index >= 15 is 0 Å². The van der Waals surface area contributed by atoms with E-state index in [2.05, 4.69) is 4.72 Å². The van der Waals surface area contributed by atoms with Gasteiger partial charge in [-0.2, -0.15) is 5.26 Å². The molecule has 0 atom stereocenters. The highest BCUT2D eigenvalue weighted by Crippen LogP contribution is 2.27. The monoisotopic (exact) mass is 411 g/mol. The van der Waals surface area contributed by atoms with E-state index in [1.54, 1.807) is 19.2 Å². The lowest BCUT2D eigenvalue weighted by atomic mass is 10.2. The predicted octanol–water partition coefficient (Wildman–Crippen LogP) is 3.78. The summed E-state index contributed by atoms with van der Waals surface area (Å²) in [5, 5.41) is 8.87. The lowest BCUT2D eigenvalue weighted by molar-refractivity contribution is 0.0798. The first-order chi connectivity index (χ1) is 12.2. The van der Waals surface area contributed by atoms with Gasteiger partial charge in [0.25, 0.3) is 15.9 Å². The molecule has 26 heavy (non-hydrogen) atoms. The number of anilines is 1. The van der Waals surface area contributed by atoms with Crippen molar-refractivity contribution in [1.29, 1.82) is 5.26 Å². The number of nitriles is 1. The van der Waals surface area contributed by atoms with Crippen LogP contribution in [-0.2, 0) is 10.0 Å². The second-order valence-corrected chi connectivity index (χ2v) is 7.89. The van der Waals surface area contributed by atoms with Gasteiger partial charge in [-0.25, -0.2) is 8.42 Å². The van der Waals surface area contributed by atoms with Gasteiger partial charge in [0, 0.05) is 29.9 Å². The van der Waals surface area contributed by atoms with E-state index in [1.165, 1.54) is 35.2 Å². The fourth-order valence-corrected chi connectivity index (χ4v) is 3.96. The molecule has 0 saturated heterocycles. The Morgan fingerprint density at radius 2 is 1.96 bits per heavy atom. The Morgan fingerprint density at radius 3 is 2.65 bits per heavy atom. The molecule has 9 heteroatoms. The van der Waals surface area contributed by atoms with Crippen molar-refractivity contribution < 1.29 is 13.2 Å². The topological polar surface area (TPSA) is 90.3 Å². The van der Waals surface area contributed by atoms with Gasteiger partial charge in [-0.15, -0.1) is 0 Å². The third-order valence-electron chi connectivity index (χ3n) is 3.45. The third kappa shape index (κ3) is 4.88. The van der Waals surface area contributed by atoms with Gasteiger partial charge in [0.15, 0.2) is 0 Å². The number of nitrogens with zero attached hydrogens (tertiary/aromatic N) is 2. The largest absolute Gasteiger partial charge is 0.341 e. The number of nitrogens with one attached hydrogen (secondary N) is 1. The van der Waals surface area contributed by atoms with Gasteiger partial charge >= 0.3 is 0 Å². The number of carbonyl (C=O) groups excluding carboxylic acids is 1. The molecule has 1 N–H and O–H groups in total. The fraction of sp³-hybridized carbons (Fsp3) is 0.176. The molecule has 0 heterocycles. The molecule has 2 aromatic rings. The summed E-state index contributed by atoms with van der Waals surface area (Å²) in [6.45, 7) is 0.281. The van der Waals surface area contributed by atoms with E-state index in [4.69, 9.17) is 28.5 Å². The van der Waals surface area contributed by atoms with E-state index in [-0.39, 0.29) is 39.5 Å². The lowest BCUT2D eigenvalue weighted by Crippen LogP contribution is -2.27. The number of benzene rings is 2. The highest BCUT2D eigenvalue weighted by molar-refractivity contribution is 7.92. The zero-order chi connectivity index (χ0) is 19.3. The number of halogens is 2. The first-order valence-corrected chi connectivity index (χ1v) is 9.69. The SMILES string of the molecule is CN(CCC#N)C(=O)c1cccc(NS(=O)(=O)c2cc(Cl)ccc2Cl)c1. The Hall–Kier alpha value is -2.27. The van der Waals surface area contributed by atoms with Crippen LogP contribution in [-0.4, -0.2) is 32.8 Å². The molecule has 0 bridgehead atoms. The van der Waals surface area contributed by atoms with E-state index in [9.17, 15) is 13.2 Å². The number of rotatable bonds is 6. The number of hydrogen-bond donors (Lipinski definition) is 1. The molecule has 6 nitrogen and oxygen atoms in total. The normalized spacial score (nSPS) is 10.8. The minimum Gasteiger partial charge on any atom is -0.341 e. The van der Waals surface area contributed by atoms with Gasteiger partial charge in [-0.05, 0) is 36.4 Å². The van der Waals surface area contributed by atoms with Crippen molar-refractivity contribution >= 4 is 44.8 Å². The summed E-state index contributed by atoms with van der Waals surface area (Å²) in [6, 6.07) is 12.1. The van der Waals surface area contributed by atoms with Crippen LogP contribution >= 0.6 is 23.2 Å². The molecular weight excluding hydrogens is 397 g/mol. The highest BCUT2D eigenvalue weighted by Gasteiger charge is 2.19. The average Bonchev–Trinajstić information content (AvgIpc) is 2.60. The smallest absolute Gasteiger partial charge is 0.263 e. The minimum atomic E-state index is -3.98. The van der Waals surface area contributed by atoms with Crippen LogP contribution in [0.3, 0.4) is 0 Å². The second-order valence-electron chi connectivity index (χ2n) is 5.40. The summed E-state index contributed by atoms with van der Waals surface area (Å²) < 4.78 is 27.5. The molecule has 136 valence electrons. The van der Waals surface area contributed by atoms with Crippen molar-refractivity contribution in [2.75, 3.05) is 18.3 Å². The van der Waals surface area contributed by atoms with Gasteiger partial charge in [0.05, 0.1) is 17.5 Å². The van der Waals surface area contributed by atoms with Crippen LogP contribution in [0.2, 0.25) is 10.0 Å². The van der Waals surface area contributed by atoms with Crippen LogP contribution in [0.1, 0.15) is 16.8 Å². The summed E-state index contributed by atoms with van der Waals surface area (Å²) in [5.74, 6) is -0.318. The molecule has 0 fully saturated rings. The van der Waals surface area contributed by atoms with Crippen LogP contribution in [0.5, 0.6) is 0 Å². The van der Waals surface area contributed by atoms with Crippen molar-refractivity contribution in [1.82, 2.24) is 4.90 Å². The van der Waals surface area contributed by atoms with E-state index in [1.807, 2.05) is 6.07 Å². The van der Waals surface area contributed by atoms with Crippen molar-refractivity contribution in [3.63, 3.8) is 0 Å². The van der Waals surface area contributed by atoms with Crippen LogP contribution in [0.15, 0.2) is 47.4 Å². The Morgan fingerprint density at radius 1 is 1.23 bits per heavy atom. The lowest BCUT2D eigenvalue weighted by Gasteiger charge is -2.16. The van der Waals surface area contributed by atoms with Gasteiger partial charge in [-0.3, -0.25) is 9.52 Å². The fourth-order valence-electron chi connectivity index (χ4n) is 2.15. The Bertz CT molecular complexity index is 971. The van der Waals surface area contributed by atoms with Crippen LogP contribution in [0, 0.1) is 11.3 Å². The molecule has 0 spiro atoms. The van der Waals surface area contributed by atoms with Crippen molar-refractivity contribution in [2.24, 2.45) is 0 Å². The second kappa shape index (κ2) is 8.41. The molecule has 0 aliphatic heterocycles. The van der Waals surface area contributed by atoms with Crippen molar-refractivity contribution in [2.45, 2.75) is 11.3 Å². The maximum Gasteiger partial charge on any atom is 0.263 e. The zero-order valence-corrected chi connectivity index (χ0v) is 16.1. The van der Waals surface area contributed by atoms with Crippen molar-refractivity contribution in [3.8, 4) is 6.07 Å². The molecule has 2 rings (SSSR count). The first-order valence-electron chi connectivity index (χ1n) is 7.45. The standard InChI is InChI=1S/C17H15Cl2N3O3S/c1-22(9-3-8-20)17(23)12-4-2-5-14(10-12)21-26(24,25)16-11-13(18)6-7-15(16)19/h2,4-7,10-11,21H,3,9H2,1H3. The number of hydrogen-bond acceptors (Lipinski definition) is 4. The maximum absolute atomic E-state index is 12.5. The Balaban J connectivity index is 2.27. The van der Waals surface area contributed by atoms with Crippen molar-refractivity contribution in [3.05, 3.63) is 58.1 Å². The van der Waals surface area contributed by atoms with E-state index in [0.717, 1.165) is 0 Å². The third-order valence-corrected chi connectivity index (χ3v) is 5.55. The average molecular weight is 412 g/mol. The van der Waals surface area contributed by atoms with Gasteiger partial charge in [0.1, 0.15) is 4.90 Å². The number of carbonyl (C=O) groups is 1. The van der Waals surface area contributed by atoms with Gasteiger partial charge < -0.3 is 4.90 Å². The van der Waals surface area contributed by atoms with Crippen LogP contribution in [0.25, 0.3) is 0 Å². The molecule has 0 saturated carbocycles. The molecule has 0 aliphatic carbocycles. The summed E-state index contributed by atoms with van der Waals surface area (Å²) in [7, 11) is -2.41. The molecule has 1 amide bonds. The van der Waals surface area contributed by atoms with Gasteiger partial charge in [0.2, 0.25) is 0 Å². The van der Waals surface area contributed by atoms with Crippen LogP contribution in [0.4, 0.5) is 5.69 Å². The number of sulfonamides is 1. The molecule has 0 aliphatic rings. The quantitative estimate of drug-likeness (QED) is 0.782. The molecule has 0 unspecified atom stereocenters. The number of amides is 1. The van der Waals surface area contributed by atoms with Gasteiger partial charge in [-0.1, -0.05) is 29.3 Å². The molecule has 0 radical (unpaired) electrons.